The van der Waals surface area contributed by atoms with Crippen molar-refractivity contribution in [1.82, 2.24) is 20.2 Å². The molecule has 3 rings (SSSR count). The topological polar surface area (TPSA) is 72.2 Å². The van der Waals surface area contributed by atoms with Gasteiger partial charge in [-0.1, -0.05) is 29.8 Å². The molecule has 0 fully saturated rings. The summed E-state index contributed by atoms with van der Waals surface area (Å²) in [6, 6.07) is 7.70. The highest BCUT2D eigenvalue weighted by molar-refractivity contribution is 7.09. The van der Waals surface area contributed by atoms with Gasteiger partial charge < -0.3 is 0 Å². The van der Waals surface area contributed by atoms with Gasteiger partial charge in [-0.25, -0.2) is 10.4 Å². The van der Waals surface area contributed by atoms with Crippen molar-refractivity contribution in [3.63, 3.8) is 0 Å². The van der Waals surface area contributed by atoms with Crippen molar-refractivity contribution >= 4 is 35.1 Å². The summed E-state index contributed by atoms with van der Waals surface area (Å²) in [6.45, 7) is 6.38. The van der Waals surface area contributed by atoms with Crippen molar-refractivity contribution in [2.75, 3.05) is 0 Å². The van der Waals surface area contributed by atoms with Crippen LogP contribution in [0.1, 0.15) is 33.2 Å². The third kappa shape index (κ3) is 4.81. The molecule has 0 radical (unpaired) electrons. The Hall–Kier alpha value is -2.51. The number of carbonyl (C=O) groups is 1. The number of rotatable bonds is 6. The molecule has 0 saturated heterocycles. The van der Waals surface area contributed by atoms with Crippen LogP contribution in [0.4, 0.5) is 0 Å². The number of nitrogens with one attached hydrogen (secondary N) is 1. The number of carbonyl (C=O) groups excluding carboxylic acids is 1. The van der Waals surface area contributed by atoms with Crippen LogP contribution >= 0.6 is 22.9 Å². The largest absolute Gasteiger partial charge is 0.273 e. The summed E-state index contributed by atoms with van der Waals surface area (Å²) in [7, 11) is 0. The van der Waals surface area contributed by atoms with E-state index in [1.165, 1.54) is 11.3 Å². The van der Waals surface area contributed by atoms with Gasteiger partial charge in [0.25, 0.3) is 0 Å². The third-order valence-corrected chi connectivity index (χ3v) is 5.30. The van der Waals surface area contributed by atoms with E-state index in [-0.39, 0.29) is 12.3 Å². The van der Waals surface area contributed by atoms with Crippen LogP contribution in [0.3, 0.4) is 0 Å². The molecule has 8 heteroatoms. The highest BCUT2D eigenvalue weighted by Gasteiger charge is 2.12. The lowest BCUT2D eigenvalue weighted by atomic mass is 10.2. The van der Waals surface area contributed by atoms with E-state index in [1.807, 2.05) is 55.1 Å². The standard InChI is InChI=1S/C19H20ClN5OS/c1-12-17(9-21-23-19(26)8-16-11-27-14(3)22-16)13(2)25(24-12)10-15-6-4-5-7-18(15)20/h4-7,9,11H,8,10H2,1-3H3,(H,23,26)/b21-9-. The van der Waals surface area contributed by atoms with Gasteiger partial charge in [0.2, 0.25) is 5.91 Å². The summed E-state index contributed by atoms with van der Waals surface area (Å²) in [5.74, 6) is -0.199. The van der Waals surface area contributed by atoms with Gasteiger partial charge in [0.15, 0.2) is 0 Å². The zero-order chi connectivity index (χ0) is 19.4. The minimum atomic E-state index is -0.199. The summed E-state index contributed by atoms with van der Waals surface area (Å²) < 4.78 is 1.89. The molecule has 27 heavy (non-hydrogen) atoms. The number of hydrogen-bond donors (Lipinski definition) is 1. The Morgan fingerprint density at radius 2 is 2.11 bits per heavy atom. The average molecular weight is 402 g/mol. The van der Waals surface area contributed by atoms with Gasteiger partial charge in [0, 0.05) is 21.7 Å². The van der Waals surface area contributed by atoms with Crippen LogP contribution in [0, 0.1) is 20.8 Å². The second-order valence-electron chi connectivity index (χ2n) is 6.16. The molecule has 0 bridgehead atoms. The first-order valence-corrected chi connectivity index (χ1v) is 9.70. The minimum Gasteiger partial charge on any atom is -0.273 e. The number of benzene rings is 1. The first-order valence-electron chi connectivity index (χ1n) is 8.44. The summed E-state index contributed by atoms with van der Waals surface area (Å²) in [6.07, 6.45) is 1.84. The fourth-order valence-electron chi connectivity index (χ4n) is 2.70. The number of aryl methyl sites for hydroxylation is 2. The van der Waals surface area contributed by atoms with Gasteiger partial charge in [-0.2, -0.15) is 10.2 Å². The molecular formula is C19H20ClN5OS. The van der Waals surface area contributed by atoms with Crippen LogP contribution < -0.4 is 5.43 Å². The molecule has 0 unspecified atom stereocenters. The Morgan fingerprint density at radius 3 is 2.81 bits per heavy atom. The quantitative estimate of drug-likeness (QED) is 0.506. The van der Waals surface area contributed by atoms with Crippen LogP contribution in [-0.4, -0.2) is 26.9 Å². The first-order chi connectivity index (χ1) is 12.9. The van der Waals surface area contributed by atoms with Crippen LogP contribution in [0.25, 0.3) is 0 Å². The molecule has 1 aromatic carbocycles. The van der Waals surface area contributed by atoms with Crippen molar-refractivity contribution in [2.45, 2.75) is 33.7 Å². The monoisotopic (exact) mass is 401 g/mol. The van der Waals surface area contributed by atoms with E-state index >= 15 is 0 Å². The maximum Gasteiger partial charge on any atom is 0.246 e. The zero-order valence-corrected chi connectivity index (χ0v) is 16.9. The van der Waals surface area contributed by atoms with Crippen molar-refractivity contribution in [3.8, 4) is 0 Å². The molecule has 140 valence electrons. The van der Waals surface area contributed by atoms with E-state index < -0.39 is 0 Å². The van der Waals surface area contributed by atoms with E-state index in [4.69, 9.17) is 11.6 Å². The molecule has 2 heterocycles. The number of amides is 1. The second-order valence-corrected chi connectivity index (χ2v) is 7.63. The van der Waals surface area contributed by atoms with Gasteiger partial charge in [0.1, 0.15) is 0 Å². The first kappa shape index (κ1) is 19.3. The molecule has 1 N–H and O–H groups in total. The summed E-state index contributed by atoms with van der Waals surface area (Å²) >= 11 is 7.77. The number of hydrazone groups is 1. The molecule has 0 aliphatic rings. The molecule has 6 nitrogen and oxygen atoms in total. The number of halogens is 1. The molecule has 0 atom stereocenters. The Bertz CT molecular complexity index is 992. The van der Waals surface area contributed by atoms with Crippen LogP contribution in [0.2, 0.25) is 5.02 Å². The number of aromatic nitrogens is 3. The van der Waals surface area contributed by atoms with Crippen LogP contribution in [-0.2, 0) is 17.8 Å². The number of thiazole rings is 1. The second kappa shape index (κ2) is 8.45. The van der Waals surface area contributed by atoms with Gasteiger partial charge >= 0.3 is 0 Å². The molecule has 0 spiro atoms. The highest BCUT2D eigenvalue weighted by atomic mass is 35.5. The fourth-order valence-corrected chi connectivity index (χ4v) is 3.51. The Balaban J connectivity index is 1.66. The lowest BCUT2D eigenvalue weighted by Gasteiger charge is -2.06. The lowest BCUT2D eigenvalue weighted by molar-refractivity contribution is -0.120. The molecule has 0 saturated carbocycles. The fraction of sp³-hybridized carbons (Fsp3) is 0.263. The summed E-state index contributed by atoms with van der Waals surface area (Å²) in [4.78, 5) is 16.2. The maximum atomic E-state index is 12.0. The molecule has 2 aromatic heterocycles. The minimum absolute atomic E-state index is 0.199. The van der Waals surface area contributed by atoms with Crippen molar-refractivity contribution < 1.29 is 4.79 Å². The predicted octanol–water partition coefficient (Wildman–Crippen LogP) is 3.66. The predicted molar refractivity (Wildman–Crippen MR) is 109 cm³/mol. The summed E-state index contributed by atoms with van der Waals surface area (Å²) in [5, 5.41) is 12.2. The molecule has 1 amide bonds. The van der Waals surface area contributed by atoms with Crippen molar-refractivity contribution in [2.24, 2.45) is 5.10 Å². The van der Waals surface area contributed by atoms with Crippen molar-refractivity contribution in [1.29, 1.82) is 0 Å². The van der Waals surface area contributed by atoms with Gasteiger partial charge in [-0.3, -0.25) is 9.48 Å². The zero-order valence-electron chi connectivity index (χ0n) is 15.4. The lowest BCUT2D eigenvalue weighted by Crippen LogP contribution is -2.20. The van der Waals surface area contributed by atoms with E-state index in [2.05, 4.69) is 20.6 Å². The SMILES string of the molecule is Cc1nc(CC(=O)N/N=C\c2c(C)nn(Cc3ccccc3Cl)c2C)cs1. The molecule has 3 aromatic rings. The number of hydrogen-bond acceptors (Lipinski definition) is 5. The smallest absolute Gasteiger partial charge is 0.246 e. The average Bonchev–Trinajstić information content (AvgIpc) is 3.14. The third-order valence-electron chi connectivity index (χ3n) is 4.11. The Morgan fingerprint density at radius 1 is 1.33 bits per heavy atom. The normalized spacial score (nSPS) is 11.3. The van der Waals surface area contributed by atoms with Crippen molar-refractivity contribution in [3.05, 3.63) is 67.9 Å². The van der Waals surface area contributed by atoms with Crippen LogP contribution in [0.5, 0.6) is 0 Å². The Labute approximate surface area is 166 Å². The molecule has 0 aliphatic heterocycles. The van der Waals surface area contributed by atoms with Gasteiger partial charge in [-0.05, 0) is 32.4 Å². The van der Waals surface area contributed by atoms with Crippen LogP contribution in [0.15, 0.2) is 34.7 Å². The van der Waals surface area contributed by atoms with E-state index in [0.29, 0.717) is 11.6 Å². The Kier molecular flexibility index (Phi) is 6.03. The number of nitrogens with zero attached hydrogens (tertiary/aromatic N) is 4. The molecule has 0 aliphatic carbocycles. The van der Waals surface area contributed by atoms with E-state index in [0.717, 1.165) is 33.2 Å². The van der Waals surface area contributed by atoms with E-state index in [1.54, 1.807) is 6.21 Å². The summed E-state index contributed by atoms with van der Waals surface area (Å²) in [5.41, 5.74) is 6.98. The van der Waals surface area contributed by atoms with Gasteiger partial charge in [0.05, 0.1) is 35.6 Å². The van der Waals surface area contributed by atoms with E-state index in [9.17, 15) is 4.79 Å². The highest BCUT2D eigenvalue weighted by Crippen LogP contribution is 2.18. The maximum absolute atomic E-state index is 12.0. The van der Waals surface area contributed by atoms with Gasteiger partial charge in [-0.15, -0.1) is 11.3 Å². The molecular weight excluding hydrogens is 382 g/mol.